The van der Waals surface area contributed by atoms with Crippen molar-refractivity contribution in [2.45, 2.75) is 24.7 Å². The lowest BCUT2D eigenvalue weighted by molar-refractivity contribution is -0.217. The van der Waals surface area contributed by atoms with E-state index >= 15 is 0 Å². The van der Waals surface area contributed by atoms with Crippen molar-refractivity contribution >= 4 is 52.0 Å². The molecule has 1 aromatic heterocycles. The summed E-state index contributed by atoms with van der Waals surface area (Å²) >= 11 is 11.9. The average Bonchev–Trinajstić information content (AvgIpc) is 3.16. The predicted octanol–water partition coefficient (Wildman–Crippen LogP) is 2.74. The van der Waals surface area contributed by atoms with Gasteiger partial charge in [0.25, 0.3) is 11.6 Å². The Hall–Kier alpha value is -2.08. The minimum absolute atomic E-state index is 0.0101. The van der Waals surface area contributed by atoms with Gasteiger partial charge >= 0.3 is 6.18 Å². The Labute approximate surface area is 184 Å². The summed E-state index contributed by atoms with van der Waals surface area (Å²) in [5.41, 5.74) is -3.34. The highest BCUT2D eigenvalue weighted by atomic mass is 35.5. The Bertz CT molecular complexity index is 1040. The number of alkyl halides is 3. The fourth-order valence-corrected chi connectivity index (χ4v) is 4.10. The maximum absolute atomic E-state index is 14.3. The highest BCUT2D eigenvalue weighted by Gasteiger charge is 2.67. The molecule has 1 saturated heterocycles. The third kappa shape index (κ3) is 3.84. The molecule has 1 aromatic carbocycles. The number of amides is 2. The van der Waals surface area contributed by atoms with Crippen molar-refractivity contribution in [2.75, 3.05) is 38.2 Å². The summed E-state index contributed by atoms with van der Waals surface area (Å²) in [5, 5.41) is 4.11. The molecule has 31 heavy (non-hydrogen) atoms. The molecule has 0 spiro atoms. The van der Waals surface area contributed by atoms with Gasteiger partial charge in [0, 0.05) is 19.5 Å². The second-order valence-corrected chi connectivity index (χ2v) is 8.11. The van der Waals surface area contributed by atoms with Gasteiger partial charge in [0.15, 0.2) is 0 Å². The van der Waals surface area contributed by atoms with Crippen LogP contribution in [0.5, 0.6) is 0 Å². The Morgan fingerprint density at radius 2 is 1.94 bits per heavy atom. The number of ether oxygens (including phenoxy) is 1. The highest BCUT2D eigenvalue weighted by Crippen LogP contribution is 2.45. The molecule has 2 aliphatic heterocycles. The maximum atomic E-state index is 14.3. The van der Waals surface area contributed by atoms with Crippen LogP contribution in [-0.2, 0) is 20.0 Å². The normalized spacial score (nSPS) is 21.9. The molecule has 1 unspecified atom stereocenters. The fraction of sp³-hybridized carbons (Fsp3) is 0.500. The van der Waals surface area contributed by atoms with E-state index in [1.165, 1.54) is 12.1 Å². The van der Waals surface area contributed by atoms with Crippen molar-refractivity contribution < 1.29 is 27.5 Å². The predicted molar refractivity (Wildman–Crippen MR) is 107 cm³/mol. The van der Waals surface area contributed by atoms with Crippen molar-refractivity contribution in [3.05, 3.63) is 22.2 Å². The van der Waals surface area contributed by atoms with Gasteiger partial charge in [-0.05, 0) is 25.1 Å². The summed E-state index contributed by atoms with van der Waals surface area (Å²) in [6, 6.07) is 2.48. The first kappa shape index (κ1) is 22.1. The number of halogens is 5. The molecule has 3 heterocycles. The van der Waals surface area contributed by atoms with Crippen LogP contribution in [0, 0.1) is 0 Å². The largest absolute Gasteiger partial charge is 0.440 e. The Balaban J connectivity index is 1.62. The van der Waals surface area contributed by atoms with Crippen LogP contribution < -0.4 is 10.6 Å². The third-order valence-electron chi connectivity index (χ3n) is 5.30. The quantitative estimate of drug-likeness (QED) is 0.688. The van der Waals surface area contributed by atoms with Gasteiger partial charge in [-0.2, -0.15) is 13.2 Å². The van der Waals surface area contributed by atoms with E-state index in [1.807, 2.05) is 5.32 Å². The Morgan fingerprint density at radius 3 is 2.61 bits per heavy atom. The van der Waals surface area contributed by atoms with E-state index in [4.69, 9.17) is 27.9 Å². The number of hydrogen-bond donors (Lipinski definition) is 2. The van der Waals surface area contributed by atoms with Crippen molar-refractivity contribution in [2.24, 2.45) is 0 Å². The number of morpholine rings is 1. The minimum Gasteiger partial charge on any atom is -0.379 e. The number of benzene rings is 1. The van der Waals surface area contributed by atoms with E-state index in [9.17, 15) is 22.8 Å². The molecule has 2 amide bonds. The standard InChI is InChI=1S/C18H18Cl2F3N5O3/c19-10-8-12-13(9-11(10)20)28-16(24-12)25-15(30)17(28,18(21,22)23)26-14(29)2-1-3-27-4-6-31-7-5-27/h8-9H,1-7H2,(H,26,29)(H,24,25,30). The van der Waals surface area contributed by atoms with Crippen LogP contribution >= 0.6 is 23.2 Å². The molecule has 168 valence electrons. The molecule has 0 saturated carbocycles. The summed E-state index contributed by atoms with van der Waals surface area (Å²) in [4.78, 5) is 31.1. The van der Waals surface area contributed by atoms with E-state index in [2.05, 4.69) is 15.2 Å². The highest BCUT2D eigenvalue weighted by molar-refractivity contribution is 6.42. The SMILES string of the molecule is O=C(CCCN1CCOCC1)NC1(C(F)(F)F)C(=O)Nc2nc3cc(Cl)c(Cl)cc3n21. The number of nitrogens with zero attached hydrogens (tertiary/aromatic N) is 3. The lowest BCUT2D eigenvalue weighted by atomic mass is 10.1. The summed E-state index contributed by atoms with van der Waals surface area (Å²) in [6.45, 7) is 3.09. The van der Waals surface area contributed by atoms with Crippen LogP contribution in [0.3, 0.4) is 0 Å². The molecule has 0 radical (unpaired) electrons. The number of imidazole rings is 1. The lowest BCUT2D eigenvalue weighted by Crippen LogP contribution is -2.63. The number of carbonyl (C=O) groups is 2. The lowest BCUT2D eigenvalue weighted by Gasteiger charge is -2.32. The topological polar surface area (TPSA) is 88.5 Å². The number of anilines is 1. The number of fused-ring (bicyclic) bond motifs is 3. The van der Waals surface area contributed by atoms with Gasteiger partial charge in [-0.25, -0.2) is 4.98 Å². The summed E-state index contributed by atoms with van der Waals surface area (Å²) in [5.74, 6) is -2.71. The van der Waals surface area contributed by atoms with Gasteiger partial charge in [-0.1, -0.05) is 23.2 Å². The van der Waals surface area contributed by atoms with Gasteiger partial charge in [0.2, 0.25) is 11.9 Å². The zero-order valence-electron chi connectivity index (χ0n) is 16.1. The van der Waals surface area contributed by atoms with Crippen molar-refractivity contribution in [3.63, 3.8) is 0 Å². The number of nitrogens with one attached hydrogen (secondary N) is 2. The van der Waals surface area contributed by atoms with Crippen LogP contribution in [0.15, 0.2) is 12.1 Å². The number of aromatic nitrogens is 2. The molecule has 1 fully saturated rings. The smallest absolute Gasteiger partial charge is 0.379 e. The Kier molecular flexibility index (Phi) is 5.80. The third-order valence-corrected chi connectivity index (χ3v) is 6.02. The minimum atomic E-state index is -5.15. The first-order chi connectivity index (χ1) is 14.6. The molecule has 2 aromatic rings. The Morgan fingerprint density at radius 1 is 1.26 bits per heavy atom. The molecule has 0 bridgehead atoms. The van der Waals surface area contributed by atoms with Crippen LogP contribution in [0.4, 0.5) is 19.1 Å². The number of rotatable bonds is 5. The molecule has 2 aliphatic rings. The molecular formula is C18H18Cl2F3N5O3. The second kappa shape index (κ2) is 8.12. The van der Waals surface area contributed by atoms with Gasteiger partial charge in [0.05, 0.1) is 34.3 Å². The van der Waals surface area contributed by atoms with Crippen LogP contribution in [-0.4, -0.2) is 65.3 Å². The number of hydrogen-bond acceptors (Lipinski definition) is 5. The summed E-state index contributed by atoms with van der Waals surface area (Å²) in [7, 11) is 0. The van der Waals surface area contributed by atoms with Gasteiger partial charge in [0.1, 0.15) is 0 Å². The van der Waals surface area contributed by atoms with Crippen molar-refractivity contribution in [1.29, 1.82) is 0 Å². The van der Waals surface area contributed by atoms with E-state index < -0.39 is 23.7 Å². The molecule has 1 atom stereocenters. The molecule has 2 N–H and O–H groups in total. The first-order valence-electron chi connectivity index (χ1n) is 9.51. The first-order valence-corrected chi connectivity index (χ1v) is 10.3. The van der Waals surface area contributed by atoms with Gasteiger partial charge in [-0.15, -0.1) is 0 Å². The maximum Gasteiger partial charge on any atom is 0.440 e. The molecule has 4 rings (SSSR count). The monoisotopic (exact) mass is 479 g/mol. The van der Waals surface area contributed by atoms with Crippen molar-refractivity contribution in [1.82, 2.24) is 19.8 Å². The average molecular weight is 480 g/mol. The van der Waals surface area contributed by atoms with Gasteiger partial charge in [-0.3, -0.25) is 24.4 Å². The van der Waals surface area contributed by atoms with E-state index in [-0.39, 0.29) is 33.4 Å². The van der Waals surface area contributed by atoms with Crippen molar-refractivity contribution in [3.8, 4) is 0 Å². The summed E-state index contributed by atoms with van der Waals surface area (Å²) in [6.07, 6.45) is -5.00. The molecule has 8 nitrogen and oxygen atoms in total. The fourth-order valence-electron chi connectivity index (χ4n) is 3.78. The molecule has 0 aliphatic carbocycles. The van der Waals surface area contributed by atoms with Gasteiger partial charge < -0.3 is 10.1 Å². The molecular weight excluding hydrogens is 462 g/mol. The van der Waals surface area contributed by atoms with Crippen LogP contribution in [0.2, 0.25) is 10.0 Å². The second-order valence-electron chi connectivity index (χ2n) is 7.29. The zero-order chi connectivity index (χ0) is 22.4. The zero-order valence-corrected chi connectivity index (χ0v) is 17.6. The van der Waals surface area contributed by atoms with E-state index in [1.54, 1.807) is 0 Å². The number of carbonyl (C=O) groups excluding carboxylic acids is 2. The van der Waals surface area contributed by atoms with Crippen LogP contribution in [0.25, 0.3) is 11.0 Å². The van der Waals surface area contributed by atoms with Crippen LogP contribution in [0.1, 0.15) is 12.8 Å². The van der Waals surface area contributed by atoms with E-state index in [0.29, 0.717) is 43.8 Å². The summed E-state index contributed by atoms with van der Waals surface area (Å²) < 4.78 is 48.8. The molecule has 13 heteroatoms. The van der Waals surface area contributed by atoms with E-state index in [0.717, 1.165) is 0 Å².